The smallest absolute Gasteiger partial charge is 0.340 e. The summed E-state index contributed by atoms with van der Waals surface area (Å²) < 4.78 is 1.59. The molecule has 0 aliphatic heterocycles. The Labute approximate surface area is 128 Å². The Kier molecular flexibility index (Phi) is 3.29. The first-order valence-electron chi connectivity index (χ1n) is 7.00. The van der Waals surface area contributed by atoms with Crippen molar-refractivity contribution in [2.24, 2.45) is 0 Å². The molecule has 5 heteroatoms. The molecule has 1 N–H and O–H groups in total. The van der Waals surface area contributed by atoms with Gasteiger partial charge in [0.05, 0.1) is 11.4 Å². The van der Waals surface area contributed by atoms with E-state index in [1.807, 2.05) is 20.8 Å². The van der Waals surface area contributed by atoms with E-state index in [1.165, 1.54) is 0 Å². The lowest BCUT2D eigenvalue weighted by atomic mass is 10.1. The van der Waals surface area contributed by atoms with Crippen LogP contribution >= 0.6 is 11.6 Å². The molecule has 0 atom stereocenters. The Bertz CT molecular complexity index is 722. The van der Waals surface area contributed by atoms with Gasteiger partial charge in [-0.15, -0.1) is 0 Å². The lowest BCUT2D eigenvalue weighted by molar-refractivity contribution is 0.0696. The third-order valence-electron chi connectivity index (χ3n) is 3.88. The highest BCUT2D eigenvalue weighted by atomic mass is 35.5. The minimum Gasteiger partial charge on any atom is -0.478 e. The number of benzene rings is 1. The van der Waals surface area contributed by atoms with Gasteiger partial charge in [0.25, 0.3) is 0 Å². The molecular formula is C16H17ClN2O2. The van der Waals surface area contributed by atoms with Gasteiger partial charge in [-0.05, 0) is 44.7 Å². The molecule has 1 aromatic carbocycles. The molecule has 110 valence electrons. The lowest BCUT2D eigenvalue weighted by Crippen LogP contribution is -2.04. The van der Waals surface area contributed by atoms with Crippen LogP contribution < -0.4 is 0 Å². The van der Waals surface area contributed by atoms with Crippen LogP contribution in [-0.2, 0) is 0 Å². The van der Waals surface area contributed by atoms with Gasteiger partial charge in [0.15, 0.2) is 0 Å². The monoisotopic (exact) mass is 304 g/mol. The predicted molar refractivity (Wildman–Crippen MR) is 81.7 cm³/mol. The van der Waals surface area contributed by atoms with E-state index in [0.29, 0.717) is 5.69 Å². The van der Waals surface area contributed by atoms with Gasteiger partial charge in [-0.2, -0.15) is 5.10 Å². The number of aromatic carboxylic acids is 1. The van der Waals surface area contributed by atoms with Crippen molar-refractivity contribution < 1.29 is 9.90 Å². The standard InChI is InChI=1S/C16H17ClN2O2/c1-8-6-9(2)14(10(3)7-8)19-15(17)12(16(20)21)13(18-19)11-4-5-11/h6-7,11H,4-5H2,1-3H3,(H,20,21). The Balaban J connectivity index is 2.24. The average molecular weight is 305 g/mol. The van der Waals surface area contributed by atoms with Gasteiger partial charge in [-0.3, -0.25) is 0 Å². The fraction of sp³-hybridized carbons (Fsp3) is 0.375. The minimum atomic E-state index is -1.00. The van der Waals surface area contributed by atoms with E-state index in [2.05, 4.69) is 17.2 Å². The van der Waals surface area contributed by atoms with Gasteiger partial charge in [-0.25, -0.2) is 9.48 Å². The largest absolute Gasteiger partial charge is 0.478 e. The van der Waals surface area contributed by atoms with Crippen LogP contribution in [0.15, 0.2) is 12.1 Å². The third kappa shape index (κ3) is 2.33. The van der Waals surface area contributed by atoms with Gasteiger partial charge in [-0.1, -0.05) is 29.3 Å². The highest BCUT2D eigenvalue weighted by Gasteiger charge is 2.34. The van der Waals surface area contributed by atoms with Crippen molar-refractivity contribution in [1.82, 2.24) is 9.78 Å². The number of aryl methyl sites for hydroxylation is 3. The number of halogens is 1. The quantitative estimate of drug-likeness (QED) is 0.931. The van der Waals surface area contributed by atoms with Gasteiger partial charge in [0, 0.05) is 5.92 Å². The second-order valence-electron chi connectivity index (χ2n) is 5.79. The fourth-order valence-corrected chi connectivity index (χ4v) is 3.21. The molecule has 2 aromatic rings. The first-order valence-corrected chi connectivity index (χ1v) is 7.38. The molecular weight excluding hydrogens is 288 g/mol. The molecule has 0 radical (unpaired) electrons. The number of aromatic nitrogens is 2. The maximum Gasteiger partial charge on any atom is 0.340 e. The molecule has 1 heterocycles. The number of hydrogen-bond donors (Lipinski definition) is 1. The summed E-state index contributed by atoms with van der Waals surface area (Å²) in [6, 6.07) is 4.11. The van der Waals surface area contributed by atoms with Gasteiger partial charge in [0.1, 0.15) is 10.7 Å². The van der Waals surface area contributed by atoms with Crippen molar-refractivity contribution >= 4 is 17.6 Å². The molecule has 1 fully saturated rings. The van der Waals surface area contributed by atoms with Crippen LogP contribution in [0.3, 0.4) is 0 Å². The first-order chi connectivity index (χ1) is 9.90. The zero-order valence-corrected chi connectivity index (χ0v) is 13.0. The molecule has 0 amide bonds. The summed E-state index contributed by atoms with van der Waals surface area (Å²) in [5, 5.41) is 14.1. The zero-order chi connectivity index (χ0) is 15.3. The van der Waals surface area contributed by atoms with Crippen LogP contribution in [0.2, 0.25) is 5.15 Å². The molecule has 0 spiro atoms. The van der Waals surface area contributed by atoms with Crippen molar-refractivity contribution in [3.8, 4) is 5.69 Å². The zero-order valence-electron chi connectivity index (χ0n) is 12.3. The molecule has 0 saturated heterocycles. The van der Waals surface area contributed by atoms with Crippen molar-refractivity contribution in [1.29, 1.82) is 0 Å². The molecule has 1 aromatic heterocycles. The molecule has 4 nitrogen and oxygen atoms in total. The third-order valence-corrected chi connectivity index (χ3v) is 4.23. The Hall–Kier alpha value is -1.81. The minimum absolute atomic E-state index is 0.151. The summed E-state index contributed by atoms with van der Waals surface area (Å²) in [6.45, 7) is 6.02. The molecule has 1 aliphatic rings. The van der Waals surface area contributed by atoms with E-state index in [1.54, 1.807) is 4.68 Å². The van der Waals surface area contributed by atoms with Crippen molar-refractivity contribution in [3.05, 3.63) is 45.2 Å². The molecule has 21 heavy (non-hydrogen) atoms. The number of carboxylic acids is 1. The SMILES string of the molecule is Cc1cc(C)c(-n2nc(C3CC3)c(C(=O)O)c2Cl)c(C)c1. The highest BCUT2D eigenvalue weighted by Crippen LogP contribution is 2.43. The second-order valence-corrected chi connectivity index (χ2v) is 6.15. The van der Waals surface area contributed by atoms with Gasteiger partial charge in [0.2, 0.25) is 0 Å². The second kappa shape index (κ2) is 4.88. The molecule has 1 aliphatic carbocycles. The highest BCUT2D eigenvalue weighted by molar-refractivity contribution is 6.33. The van der Waals surface area contributed by atoms with Gasteiger partial charge >= 0.3 is 5.97 Å². The molecule has 0 bridgehead atoms. The first kappa shape index (κ1) is 14.1. The van der Waals surface area contributed by atoms with Crippen LogP contribution in [0.1, 0.15) is 51.5 Å². The van der Waals surface area contributed by atoms with E-state index in [4.69, 9.17) is 11.6 Å². The van der Waals surface area contributed by atoms with Crippen LogP contribution in [-0.4, -0.2) is 20.9 Å². The normalized spacial score (nSPS) is 14.5. The summed E-state index contributed by atoms with van der Waals surface area (Å²) in [4.78, 5) is 11.5. The van der Waals surface area contributed by atoms with Crippen molar-refractivity contribution in [2.45, 2.75) is 39.5 Å². The number of carboxylic acid groups (broad SMARTS) is 1. The maximum atomic E-state index is 11.5. The number of hydrogen-bond acceptors (Lipinski definition) is 2. The Morgan fingerprint density at radius 2 is 1.86 bits per heavy atom. The van der Waals surface area contributed by atoms with Crippen LogP contribution in [0.25, 0.3) is 5.69 Å². The summed E-state index contributed by atoms with van der Waals surface area (Å²) in [5.74, 6) is -0.767. The fourth-order valence-electron chi connectivity index (χ4n) is 2.91. The van der Waals surface area contributed by atoms with Crippen LogP contribution in [0, 0.1) is 20.8 Å². The van der Waals surface area contributed by atoms with E-state index in [-0.39, 0.29) is 16.6 Å². The molecule has 0 unspecified atom stereocenters. The Morgan fingerprint density at radius 3 is 2.33 bits per heavy atom. The van der Waals surface area contributed by atoms with Crippen LogP contribution in [0.5, 0.6) is 0 Å². The summed E-state index contributed by atoms with van der Waals surface area (Å²) >= 11 is 6.33. The van der Waals surface area contributed by atoms with E-state index in [9.17, 15) is 9.90 Å². The van der Waals surface area contributed by atoms with Crippen molar-refractivity contribution in [3.63, 3.8) is 0 Å². The summed E-state index contributed by atoms with van der Waals surface area (Å²) in [5.41, 5.74) is 4.88. The van der Waals surface area contributed by atoms with E-state index >= 15 is 0 Å². The molecule has 3 rings (SSSR count). The van der Waals surface area contributed by atoms with E-state index < -0.39 is 5.97 Å². The molecule has 1 saturated carbocycles. The summed E-state index contributed by atoms with van der Waals surface area (Å²) in [7, 11) is 0. The van der Waals surface area contributed by atoms with Crippen molar-refractivity contribution in [2.75, 3.05) is 0 Å². The lowest BCUT2D eigenvalue weighted by Gasteiger charge is -2.12. The Morgan fingerprint density at radius 1 is 1.29 bits per heavy atom. The maximum absolute atomic E-state index is 11.5. The van der Waals surface area contributed by atoms with Gasteiger partial charge < -0.3 is 5.11 Å². The average Bonchev–Trinajstić information content (AvgIpc) is 3.14. The van der Waals surface area contributed by atoms with Crippen LogP contribution in [0.4, 0.5) is 0 Å². The topological polar surface area (TPSA) is 55.1 Å². The number of nitrogens with zero attached hydrogens (tertiary/aromatic N) is 2. The number of carbonyl (C=O) groups is 1. The number of rotatable bonds is 3. The predicted octanol–water partition coefficient (Wildman–Crippen LogP) is 4.03. The van der Waals surface area contributed by atoms with E-state index in [0.717, 1.165) is 35.2 Å². The summed E-state index contributed by atoms with van der Waals surface area (Å²) in [6.07, 6.45) is 1.97.